The molecule has 1 rings (SSSR count). The molecule has 0 saturated carbocycles. The standard InChI is InChI=1S/C20H30N2O7/c1-12(9-15-7-5-4-6-8-15)21-20(28)13(2)29-19(18(27)17(26)11-24)16(10-23)22-14(3)25/h4-8,10,12-13,16-19,24,26-27H,9,11H2,1-3H3,(H,21,28)(H,22,25)/t12?,13?,16-,17+,18+,19+/m0/s1. The first-order valence-corrected chi connectivity index (χ1v) is 9.38. The number of aldehydes is 1. The number of amides is 2. The van der Waals surface area contributed by atoms with Crippen LogP contribution in [0.2, 0.25) is 0 Å². The van der Waals surface area contributed by atoms with Gasteiger partial charge in [-0.3, -0.25) is 9.59 Å². The fraction of sp³-hybridized carbons (Fsp3) is 0.550. The van der Waals surface area contributed by atoms with E-state index in [0.29, 0.717) is 12.7 Å². The van der Waals surface area contributed by atoms with Gasteiger partial charge < -0.3 is 35.5 Å². The number of aliphatic hydroxyl groups is 3. The minimum absolute atomic E-state index is 0.209. The highest BCUT2D eigenvalue weighted by Gasteiger charge is 2.36. The maximum atomic E-state index is 12.5. The smallest absolute Gasteiger partial charge is 0.249 e. The van der Waals surface area contributed by atoms with Crippen molar-refractivity contribution in [2.24, 2.45) is 0 Å². The monoisotopic (exact) mass is 410 g/mol. The Balaban J connectivity index is 2.80. The summed E-state index contributed by atoms with van der Waals surface area (Å²) >= 11 is 0. The average Bonchev–Trinajstić information content (AvgIpc) is 2.69. The Morgan fingerprint density at radius 1 is 1.14 bits per heavy atom. The molecule has 9 nitrogen and oxygen atoms in total. The van der Waals surface area contributed by atoms with Gasteiger partial charge in [-0.2, -0.15) is 0 Å². The van der Waals surface area contributed by atoms with Crippen LogP contribution in [0.25, 0.3) is 0 Å². The Morgan fingerprint density at radius 2 is 1.76 bits per heavy atom. The fourth-order valence-electron chi connectivity index (χ4n) is 2.81. The largest absolute Gasteiger partial charge is 0.394 e. The second kappa shape index (κ2) is 12.3. The minimum atomic E-state index is -1.71. The topological polar surface area (TPSA) is 145 Å². The number of benzene rings is 1. The molecule has 0 radical (unpaired) electrons. The lowest BCUT2D eigenvalue weighted by atomic mass is 10.0. The van der Waals surface area contributed by atoms with Gasteiger partial charge in [0.05, 0.1) is 6.61 Å². The molecule has 5 N–H and O–H groups in total. The van der Waals surface area contributed by atoms with Crippen LogP contribution in [0.15, 0.2) is 30.3 Å². The second-order valence-corrected chi connectivity index (χ2v) is 6.95. The molecule has 0 aliphatic carbocycles. The number of aliphatic hydroxyl groups excluding tert-OH is 3. The highest BCUT2D eigenvalue weighted by Crippen LogP contribution is 2.13. The summed E-state index contributed by atoms with van der Waals surface area (Å²) in [6.07, 6.45) is -4.94. The summed E-state index contributed by atoms with van der Waals surface area (Å²) in [5.41, 5.74) is 1.04. The zero-order valence-corrected chi connectivity index (χ0v) is 16.8. The average molecular weight is 410 g/mol. The van der Waals surface area contributed by atoms with Gasteiger partial charge >= 0.3 is 0 Å². The molecule has 1 aromatic carbocycles. The number of carbonyl (C=O) groups is 3. The van der Waals surface area contributed by atoms with E-state index in [1.165, 1.54) is 13.8 Å². The molecule has 0 aliphatic heterocycles. The van der Waals surface area contributed by atoms with E-state index in [4.69, 9.17) is 9.84 Å². The first-order valence-electron chi connectivity index (χ1n) is 9.38. The molecule has 0 bridgehead atoms. The number of hydrogen-bond donors (Lipinski definition) is 5. The minimum Gasteiger partial charge on any atom is -0.394 e. The van der Waals surface area contributed by atoms with E-state index in [1.807, 2.05) is 37.3 Å². The number of carbonyl (C=O) groups excluding carboxylic acids is 3. The van der Waals surface area contributed by atoms with Gasteiger partial charge in [0, 0.05) is 13.0 Å². The molecule has 29 heavy (non-hydrogen) atoms. The zero-order chi connectivity index (χ0) is 22.0. The summed E-state index contributed by atoms with van der Waals surface area (Å²) in [6, 6.07) is 8.04. The van der Waals surface area contributed by atoms with Gasteiger partial charge in [-0.15, -0.1) is 0 Å². The molecule has 0 fully saturated rings. The van der Waals surface area contributed by atoms with Crippen molar-refractivity contribution in [1.82, 2.24) is 10.6 Å². The van der Waals surface area contributed by atoms with Crippen molar-refractivity contribution in [2.75, 3.05) is 6.61 Å². The third-order valence-electron chi connectivity index (χ3n) is 4.29. The van der Waals surface area contributed by atoms with E-state index >= 15 is 0 Å². The molecule has 0 aliphatic rings. The Kier molecular flexibility index (Phi) is 10.5. The maximum Gasteiger partial charge on any atom is 0.249 e. The van der Waals surface area contributed by atoms with Gasteiger partial charge in [-0.25, -0.2) is 0 Å². The van der Waals surface area contributed by atoms with E-state index in [1.54, 1.807) is 0 Å². The highest BCUT2D eigenvalue weighted by atomic mass is 16.5. The van der Waals surface area contributed by atoms with Crippen molar-refractivity contribution in [3.63, 3.8) is 0 Å². The van der Waals surface area contributed by atoms with Gasteiger partial charge in [0.1, 0.15) is 36.7 Å². The third-order valence-corrected chi connectivity index (χ3v) is 4.29. The summed E-state index contributed by atoms with van der Waals surface area (Å²) in [5.74, 6) is -1.05. The first kappa shape index (κ1) is 24.7. The van der Waals surface area contributed by atoms with Gasteiger partial charge in [0.25, 0.3) is 0 Å². The molecule has 0 saturated heterocycles. The van der Waals surface area contributed by atoms with Crippen molar-refractivity contribution in [2.45, 2.75) is 63.7 Å². The van der Waals surface area contributed by atoms with Crippen LogP contribution in [0.3, 0.4) is 0 Å². The molecule has 0 heterocycles. The van der Waals surface area contributed by atoms with Gasteiger partial charge in [0.15, 0.2) is 0 Å². The fourth-order valence-corrected chi connectivity index (χ4v) is 2.81. The summed E-state index contributed by atoms with van der Waals surface area (Å²) in [6.45, 7) is 3.63. The van der Waals surface area contributed by atoms with Crippen LogP contribution in [0.1, 0.15) is 26.3 Å². The number of rotatable bonds is 12. The van der Waals surface area contributed by atoms with Crippen LogP contribution in [0.5, 0.6) is 0 Å². The first-order chi connectivity index (χ1) is 13.7. The molecule has 0 spiro atoms. The van der Waals surface area contributed by atoms with Crippen molar-refractivity contribution < 1.29 is 34.4 Å². The lowest BCUT2D eigenvalue weighted by Gasteiger charge is -2.32. The maximum absolute atomic E-state index is 12.5. The molecule has 2 unspecified atom stereocenters. The second-order valence-electron chi connectivity index (χ2n) is 6.95. The van der Waals surface area contributed by atoms with E-state index in [-0.39, 0.29) is 6.04 Å². The van der Waals surface area contributed by atoms with Crippen LogP contribution in [0, 0.1) is 0 Å². The van der Waals surface area contributed by atoms with Crippen LogP contribution < -0.4 is 10.6 Å². The summed E-state index contributed by atoms with van der Waals surface area (Å²) < 4.78 is 5.52. The van der Waals surface area contributed by atoms with Crippen molar-refractivity contribution in [3.05, 3.63) is 35.9 Å². The molecule has 162 valence electrons. The van der Waals surface area contributed by atoms with Gasteiger partial charge in [0.2, 0.25) is 11.8 Å². The molecular formula is C20H30N2O7. The molecule has 2 amide bonds. The van der Waals surface area contributed by atoms with Gasteiger partial charge in [-0.1, -0.05) is 30.3 Å². The van der Waals surface area contributed by atoms with Crippen molar-refractivity contribution in [3.8, 4) is 0 Å². The quantitative estimate of drug-likeness (QED) is 0.276. The van der Waals surface area contributed by atoms with Crippen LogP contribution in [0.4, 0.5) is 0 Å². The Morgan fingerprint density at radius 3 is 2.28 bits per heavy atom. The Labute approximate surface area is 170 Å². The van der Waals surface area contributed by atoms with E-state index in [0.717, 1.165) is 5.56 Å². The van der Waals surface area contributed by atoms with Crippen molar-refractivity contribution in [1.29, 1.82) is 0 Å². The van der Waals surface area contributed by atoms with Crippen LogP contribution >= 0.6 is 0 Å². The molecular weight excluding hydrogens is 380 g/mol. The Bertz CT molecular complexity index is 655. The molecule has 6 atom stereocenters. The number of nitrogens with one attached hydrogen (secondary N) is 2. The van der Waals surface area contributed by atoms with E-state index < -0.39 is 48.9 Å². The lowest BCUT2D eigenvalue weighted by Crippen LogP contribution is -2.56. The predicted molar refractivity (Wildman–Crippen MR) is 105 cm³/mol. The normalized spacial score (nSPS) is 17.3. The van der Waals surface area contributed by atoms with E-state index in [9.17, 15) is 24.6 Å². The summed E-state index contributed by atoms with van der Waals surface area (Å²) in [5, 5.41) is 34.1. The number of hydrogen-bond acceptors (Lipinski definition) is 7. The highest BCUT2D eigenvalue weighted by molar-refractivity contribution is 5.81. The third kappa shape index (κ3) is 8.28. The number of ether oxygens (including phenoxy) is 1. The van der Waals surface area contributed by atoms with E-state index in [2.05, 4.69) is 10.6 Å². The summed E-state index contributed by atoms with van der Waals surface area (Å²) in [4.78, 5) is 35.2. The van der Waals surface area contributed by atoms with Gasteiger partial charge in [-0.05, 0) is 25.8 Å². The Hall–Kier alpha value is -2.33. The molecule has 9 heteroatoms. The zero-order valence-electron chi connectivity index (χ0n) is 16.8. The SMILES string of the molecule is CC(=O)N[C@@H](C=O)[C@@H](OC(C)C(=O)NC(C)Cc1ccccc1)[C@H](O)[C@H](O)CO. The van der Waals surface area contributed by atoms with Crippen molar-refractivity contribution >= 4 is 18.1 Å². The predicted octanol–water partition coefficient (Wildman–Crippen LogP) is -1.07. The van der Waals surface area contributed by atoms with Crippen LogP contribution in [-0.4, -0.2) is 76.5 Å². The molecule has 1 aromatic rings. The molecule has 0 aromatic heterocycles. The summed E-state index contributed by atoms with van der Waals surface area (Å²) in [7, 11) is 0. The lowest BCUT2D eigenvalue weighted by molar-refractivity contribution is -0.157. The van der Waals surface area contributed by atoms with Crippen LogP contribution in [-0.2, 0) is 25.5 Å².